The van der Waals surface area contributed by atoms with Crippen molar-refractivity contribution in [3.63, 3.8) is 0 Å². The van der Waals surface area contributed by atoms with Gasteiger partial charge in [-0.3, -0.25) is 4.79 Å². The molecule has 1 N–H and O–H groups in total. The van der Waals surface area contributed by atoms with Gasteiger partial charge >= 0.3 is 5.97 Å². The van der Waals surface area contributed by atoms with Gasteiger partial charge in [0.2, 0.25) is 0 Å². The quantitative estimate of drug-likeness (QED) is 0.778. The average molecular weight is 252 g/mol. The first kappa shape index (κ1) is 14.2. The van der Waals surface area contributed by atoms with Gasteiger partial charge in [-0.2, -0.15) is 0 Å². The van der Waals surface area contributed by atoms with Gasteiger partial charge in [0.1, 0.15) is 19.0 Å². The summed E-state index contributed by atoms with van der Waals surface area (Å²) in [6.07, 6.45) is 0. The number of carbonyl (C=O) groups is 2. The van der Waals surface area contributed by atoms with Gasteiger partial charge < -0.3 is 14.6 Å². The zero-order chi connectivity index (χ0) is 13.7. The number of rotatable bonds is 6. The van der Waals surface area contributed by atoms with Gasteiger partial charge in [-0.1, -0.05) is 0 Å². The molecule has 18 heavy (non-hydrogen) atoms. The van der Waals surface area contributed by atoms with Crippen LogP contribution in [0, 0.1) is 13.8 Å². The molecule has 1 rings (SSSR count). The topological polar surface area (TPSA) is 72.8 Å². The molecule has 0 unspecified atom stereocenters. The lowest BCUT2D eigenvalue weighted by Crippen LogP contribution is -2.14. The number of Topliss-reactive ketones (excluding diaryl/α,β-unsaturated/α-hetero) is 1. The Kier molecular flexibility index (Phi) is 4.85. The Labute approximate surface area is 105 Å². The molecular weight excluding hydrogens is 236 g/mol. The Morgan fingerprint density at radius 2 is 1.72 bits per heavy atom. The van der Waals surface area contributed by atoms with Crippen LogP contribution < -0.4 is 4.74 Å². The number of hydrogen-bond donors (Lipinski definition) is 1. The summed E-state index contributed by atoms with van der Waals surface area (Å²) >= 11 is 0. The van der Waals surface area contributed by atoms with E-state index in [1.54, 1.807) is 19.2 Å². The number of ketones is 1. The molecule has 1 aromatic carbocycles. The van der Waals surface area contributed by atoms with Crippen LogP contribution in [0.25, 0.3) is 0 Å². The van der Waals surface area contributed by atoms with Crippen molar-refractivity contribution >= 4 is 11.8 Å². The number of aliphatic carboxylic acids is 1. The summed E-state index contributed by atoms with van der Waals surface area (Å²) < 4.78 is 9.97. The first-order chi connectivity index (χ1) is 8.45. The van der Waals surface area contributed by atoms with E-state index in [2.05, 4.69) is 0 Å². The third kappa shape index (κ3) is 3.56. The maximum atomic E-state index is 11.8. The highest BCUT2D eigenvalue weighted by atomic mass is 16.5. The fraction of sp³-hybridized carbons (Fsp3) is 0.385. The number of methoxy groups -OCH3 is 1. The van der Waals surface area contributed by atoms with Gasteiger partial charge in [-0.15, -0.1) is 0 Å². The van der Waals surface area contributed by atoms with Gasteiger partial charge in [0.15, 0.2) is 5.78 Å². The van der Waals surface area contributed by atoms with Crippen molar-refractivity contribution in [2.24, 2.45) is 0 Å². The van der Waals surface area contributed by atoms with Crippen molar-refractivity contribution in [1.29, 1.82) is 0 Å². The van der Waals surface area contributed by atoms with Crippen molar-refractivity contribution in [3.8, 4) is 5.75 Å². The predicted molar refractivity (Wildman–Crippen MR) is 65.3 cm³/mol. The van der Waals surface area contributed by atoms with Gasteiger partial charge in [-0.05, 0) is 37.1 Å². The van der Waals surface area contributed by atoms with Crippen molar-refractivity contribution in [3.05, 3.63) is 28.8 Å². The Hall–Kier alpha value is -1.88. The standard InChI is InChI=1S/C13H16O5/c1-8-4-10(5-9(2)13(8)17-3)11(14)6-18-7-12(15)16/h4-5H,6-7H2,1-3H3,(H,15,16). The van der Waals surface area contributed by atoms with Crippen LogP contribution in [0.5, 0.6) is 5.75 Å². The molecular formula is C13H16O5. The molecule has 0 bridgehead atoms. The zero-order valence-corrected chi connectivity index (χ0v) is 10.6. The van der Waals surface area contributed by atoms with E-state index in [1.807, 2.05) is 13.8 Å². The Balaban J connectivity index is 2.78. The highest BCUT2D eigenvalue weighted by Gasteiger charge is 2.11. The van der Waals surface area contributed by atoms with E-state index in [0.29, 0.717) is 5.56 Å². The summed E-state index contributed by atoms with van der Waals surface area (Å²) in [5, 5.41) is 8.40. The summed E-state index contributed by atoms with van der Waals surface area (Å²) in [5.41, 5.74) is 2.22. The third-order valence-electron chi connectivity index (χ3n) is 2.45. The van der Waals surface area contributed by atoms with E-state index < -0.39 is 12.6 Å². The van der Waals surface area contributed by atoms with Gasteiger partial charge in [0.25, 0.3) is 0 Å². The van der Waals surface area contributed by atoms with Crippen molar-refractivity contribution in [2.75, 3.05) is 20.3 Å². The van der Waals surface area contributed by atoms with Crippen molar-refractivity contribution in [1.82, 2.24) is 0 Å². The molecule has 5 heteroatoms. The smallest absolute Gasteiger partial charge is 0.329 e. The average Bonchev–Trinajstić information content (AvgIpc) is 2.27. The molecule has 0 aliphatic heterocycles. The van der Waals surface area contributed by atoms with E-state index >= 15 is 0 Å². The first-order valence-electron chi connectivity index (χ1n) is 5.43. The molecule has 0 aromatic heterocycles. The van der Waals surface area contributed by atoms with Crippen LogP contribution >= 0.6 is 0 Å². The second-order valence-electron chi connectivity index (χ2n) is 3.95. The first-order valence-corrected chi connectivity index (χ1v) is 5.43. The van der Waals surface area contributed by atoms with E-state index in [1.165, 1.54) is 0 Å². The van der Waals surface area contributed by atoms with Crippen LogP contribution in [0.3, 0.4) is 0 Å². The number of carboxylic acids is 1. The molecule has 5 nitrogen and oxygen atoms in total. The number of aryl methyl sites for hydroxylation is 2. The zero-order valence-electron chi connectivity index (χ0n) is 10.6. The van der Waals surface area contributed by atoms with Crippen LogP contribution in [0.4, 0.5) is 0 Å². The lowest BCUT2D eigenvalue weighted by molar-refractivity contribution is -0.141. The van der Waals surface area contributed by atoms with Crippen LogP contribution in [0.1, 0.15) is 21.5 Å². The molecule has 1 aromatic rings. The second kappa shape index (κ2) is 6.16. The van der Waals surface area contributed by atoms with Gasteiger partial charge in [0, 0.05) is 5.56 Å². The fourth-order valence-electron chi connectivity index (χ4n) is 1.75. The normalized spacial score (nSPS) is 10.2. The lowest BCUT2D eigenvalue weighted by atomic mass is 10.0. The maximum absolute atomic E-state index is 11.8. The summed E-state index contributed by atoms with van der Waals surface area (Å²) in [6.45, 7) is 2.98. The maximum Gasteiger partial charge on any atom is 0.329 e. The molecule has 98 valence electrons. The third-order valence-corrected chi connectivity index (χ3v) is 2.45. The predicted octanol–water partition coefficient (Wildman–Crippen LogP) is 1.60. The summed E-state index contributed by atoms with van der Waals surface area (Å²) in [6, 6.07) is 3.41. The van der Waals surface area contributed by atoms with E-state index in [0.717, 1.165) is 16.9 Å². The number of ether oxygens (including phenoxy) is 2. The minimum atomic E-state index is -1.09. The second-order valence-corrected chi connectivity index (χ2v) is 3.95. The molecule has 0 amide bonds. The molecule has 0 fully saturated rings. The van der Waals surface area contributed by atoms with Gasteiger partial charge in [-0.25, -0.2) is 4.79 Å². The Morgan fingerprint density at radius 3 is 2.17 bits per heavy atom. The van der Waals surface area contributed by atoms with E-state index in [9.17, 15) is 9.59 Å². The van der Waals surface area contributed by atoms with Crippen LogP contribution in [0.2, 0.25) is 0 Å². The largest absolute Gasteiger partial charge is 0.496 e. The van der Waals surface area contributed by atoms with Crippen LogP contribution in [-0.2, 0) is 9.53 Å². The molecule has 0 radical (unpaired) electrons. The van der Waals surface area contributed by atoms with E-state index in [-0.39, 0.29) is 12.4 Å². The SMILES string of the molecule is COc1c(C)cc(C(=O)COCC(=O)O)cc1C. The van der Waals surface area contributed by atoms with Gasteiger partial charge in [0.05, 0.1) is 7.11 Å². The summed E-state index contributed by atoms with van der Waals surface area (Å²) in [4.78, 5) is 22.0. The number of carbonyl (C=O) groups excluding carboxylic acids is 1. The minimum Gasteiger partial charge on any atom is -0.496 e. The molecule has 0 spiro atoms. The molecule has 0 heterocycles. The summed E-state index contributed by atoms with van der Waals surface area (Å²) in [7, 11) is 1.58. The highest BCUT2D eigenvalue weighted by Crippen LogP contribution is 2.24. The van der Waals surface area contributed by atoms with Crippen molar-refractivity contribution < 1.29 is 24.2 Å². The lowest BCUT2D eigenvalue weighted by Gasteiger charge is -2.10. The highest BCUT2D eigenvalue weighted by molar-refractivity contribution is 5.97. The molecule has 0 atom stereocenters. The molecule has 0 saturated carbocycles. The minimum absolute atomic E-state index is 0.239. The fourth-order valence-corrected chi connectivity index (χ4v) is 1.75. The van der Waals surface area contributed by atoms with Crippen LogP contribution in [0.15, 0.2) is 12.1 Å². The Morgan fingerprint density at radius 1 is 1.17 bits per heavy atom. The number of benzene rings is 1. The summed E-state index contributed by atoms with van der Waals surface area (Å²) in [5.74, 6) is -0.590. The van der Waals surface area contributed by atoms with Crippen molar-refractivity contribution in [2.45, 2.75) is 13.8 Å². The molecule has 0 aliphatic rings. The monoisotopic (exact) mass is 252 g/mol. The molecule has 0 saturated heterocycles. The number of hydrogen-bond acceptors (Lipinski definition) is 4. The van der Waals surface area contributed by atoms with Crippen LogP contribution in [-0.4, -0.2) is 37.2 Å². The number of carboxylic acid groups (broad SMARTS) is 1. The van der Waals surface area contributed by atoms with E-state index in [4.69, 9.17) is 14.6 Å². The Bertz CT molecular complexity index is 441. The molecule has 0 aliphatic carbocycles.